The molecule has 0 aromatic carbocycles. The zero-order valence-electron chi connectivity index (χ0n) is 21.6. The van der Waals surface area contributed by atoms with Gasteiger partial charge >= 0.3 is 12.1 Å². The van der Waals surface area contributed by atoms with Gasteiger partial charge in [-0.05, 0) is 57.1 Å². The third-order valence-corrected chi connectivity index (χ3v) is 4.95. The molecule has 0 radical (unpaired) electrons. The van der Waals surface area contributed by atoms with Gasteiger partial charge in [-0.1, -0.05) is 67.7 Å². The van der Waals surface area contributed by atoms with Crippen molar-refractivity contribution in [3.05, 3.63) is 90.9 Å². The second-order valence-electron chi connectivity index (χ2n) is 8.18. The number of hydrogen-bond donors (Lipinski definition) is 1. The molecule has 5 nitrogen and oxygen atoms in total. The number of alkyl halides is 4. The highest BCUT2D eigenvalue weighted by Crippen LogP contribution is 2.27. The Balaban J connectivity index is 2.26. The Morgan fingerprint density at radius 2 is 1.50 bits per heavy atom. The van der Waals surface area contributed by atoms with Crippen LogP contribution in [0.3, 0.4) is 0 Å². The largest absolute Gasteiger partial charge is 0.444 e. The summed E-state index contributed by atoms with van der Waals surface area (Å²) < 4.78 is 58.1. The SMILES string of the molecule is CCC=CCC=CCC=CCC=CCC=CCCCC(=O)NC(F)C(OC(=O)c1cccnc1)C(F)(F)F. The van der Waals surface area contributed by atoms with Crippen LogP contribution in [-0.4, -0.2) is 35.4 Å². The van der Waals surface area contributed by atoms with Gasteiger partial charge in [0, 0.05) is 18.8 Å². The smallest absolute Gasteiger partial charge is 0.430 e. The molecule has 1 heterocycles. The van der Waals surface area contributed by atoms with Crippen LogP contribution in [0.1, 0.15) is 68.6 Å². The zero-order chi connectivity index (χ0) is 28.1. The van der Waals surface area contributed by atoms with Crippen molar-refractivity contribution < 1.29 is 31.9 Å². The number of nitrogens with zero attached hydrogens (tertiary/aromatic N) is 1. The van der Waals surface area contributed by atoms with E-state index in [1.807, 2.05) is 24.3 Å². The Bertz CT molecular complexity index is 954. The highest BCUT2D eigenvalue weighted by Gasteiger charge is 2.49. The second kappa shape index (κ2) is 19.6. The molecule has 9 heteroatoms. The maximum absolute atomic E-state index is 14.2. The Hall–Kier alpha value is -3.49. The molecule has 1 N–H and O–H groups in total. The number of allylic oxidation sites excluding steroid dienone is 10. The van der Waals surface area contributed by atoms with E-state index >= 15 is 0 Å². The van der Waals surface area contributed by atoms with Gasteiger partial charge in [0.25, 0.3) is 0 Å². The molecule has 0 bridgehead atoms. The van der Waals surface area contributed by atoms with Gasteiger partial charge in [0.1, 0.15) is 0 Å². The summed E-state index contributed by atoms with van der Waals surface area (Å²) in [6, 6.07) is 2.51. The first-order valence-corrected chi connectivity index (χ1v) is 12.6. The molecular weight excluding hydrogens is 500 g/mol. The molecule has 0 fully saturated rings. The monoisotopic (exact) mass is 536 g/mol. The highest BCUT2D eigenvalue weighted by molar-refractivity contribution is 5.89. The number of hydrogen-bond acceptors (Lipinski definition) is 4. The zero-order valence-corrected chi connectivity index (χ0v) is 21.6. The predicted octanol–water partition coefficient (Wildman–Crippen LogP) is 7.50. The fraction of sp³-hybridized carbons (Fsp3) is 0.414. The summed E-state index contributed by atoms with van der Waals surface area (Å²) in [6.07, 6.45) is 16.7. The topological polar surface area (TPSA) is 68.3 Å². The molecule has 0 aliphatic rings. The van der Waals surface area contributed by atoms with Gasteiger partial charge in [0.05, 0.1) is 5.56 Å². The van der Waals surface area contributed by atoms with Crippen molar-refractivity contribution >= 4 is 11.9 Å². The molecule has 0 saturated heterocycles. The van der Waals surface area contributed by atoms with E-state index in [1.165, 1.54) is 18.3 Å². The van der Waals surface area contributed by atoms with E-state index in [2.05, 4.69) is 53.1 Å². The highest BCUT2D eigenvalue weighted by atomic mass is 19.4. The fourth-order valence-corrected chi connectivity index (χ4v) is 3.01. The van der Waals surface area contributed by atoms with Crippen molar-refractivity contribution in [1.29, 1.82) is 0 Å². The third-order valence-electron chi connectivity index (χ3n) is 4.95. The number of esters is 1. The molecule has 1 aromatic heterocycles. The van der Waals surface area contributed by atoms with Crippen LogP contribution in [0.25, 0.3) is 0 Å². The molecule has 0 aliphatic heterocycles. The Kier molecular flexibility index (Phi) is 16.8. The Morgan fingerprint density at radius 3 is 2.00 bits per heavy atom. The van der Waals surface area contributed by atoms with E-state index in [-0.39, 0.29) is 12.0 Å². The van der Waals surface area contributed by atoms with Crippen LogP contribution >= 0.6 is 0 Å². The Morgan fingerprint density at radius 1 is 0.947 bits per heavy atom. The first kappa shape index (κ1) is 32.5. The number of aromatic nitrogens is 1. The minimum atomic E-state index is -5.21. The van der Waals surface area contributed by atoms with Crippen molar-refractivity contribution in [1.82, 2.24) is 10.3 Å². The summed E-state index contributed by atoms with van der Waals surface area (Å²) in [4.78, 5) is 27.4. The summed E-state index contributed by atoms with van der Waals surface area (Å²) >= 11 is 0. The van der Waals surface area contributed by atoms with Crippen molar-refractivity contribution in [2.75, 3.05) is 0 Å². The summed E-state index contributed by atoms with van der Waals surface area (Å²) in [5.74, 6) is -2.30. The lowest BCUT2D eigenvalue weighted by Gasteiger charge is -2.24. The molecule has 1 aromatic rings. The lowest BCUT2D eigenvalue weighted by Crippen LogP contribution is -2.49. The third kappa shape index (κ3) is 15.6. The van der Waals surface area contributed by atoms with E-state index in [0.29, 0.717) is 19.3 Å². The number of ether oxygens (including phenoxy) is 1. The number of nitrogens with one attached hydrogen (secondary N) is 1. The van der Waals surface area contributed by atoms with Gasteiger partial charge in [-0.3, -0.25) is 9.78 Å². The molecule has 0 saturated carbocycles. The number of amides is 1. The predicted molar refractivity (Wildman–Crippen MR) is 141 cm³/mol. The number of rotatable bonds is 17. The van der Waals surface area contributed by atoms with Crippen LogP contribution < -0.4 is 5.32 Å². The molecule has 1 rings (SSSR count). The number of carbonyl (C=O) groups is 2. The molecule has 2 unspecified atom stereocenters. The van der Waals surface area contributed by atoms with E-state index in [9.17, 15) is 27.2 Å². The number of pyridine rings is 1. The van der Waals surface area contributed by atoms with Crippen LogP contribution in [0.15, 0.2) is 85.3 Å². The van der Waals surface area contributed by atoms with E-state index in [0.717, 1.165) is 31.9 Å². The molecule has 1 amide bonds. The summed E-state index contributed by atoms with van der Waals surface area (Å²) in [7, 11) is 0. The Labute approximate surface area is 222 Å². The summed E-state index contributed by atoms with van der Waals surface area (Å²) in [6.45, 7) is 2.11. The molecule has 0 spiro atoms. The van der Waals surface area contributed by atoms with Crippen LogP contribution in [0.4, 0.5) is 17.6 Å². The normalized spacial score (nSPS) is 14.2. The van der Waals surface area contributed by atoms with Gasteiger partial charge in [0.2, 0.25) is 18.3 Å². The quantitative estimate of drug-likeness (QED) is 0.0736. The summed E-state index contributed by atoms with van der Waals surface area (Å²) in [5, 5.41) is 1.63. The maximum atomic E-state index is 14.2. The molecular formula is C29H36F4N2O3. The average Bonchev–Trinajstić information content (AvgIpc) is 2.88. The lowest BCUT2D eigenvalue weighted by atomic mass is 10.2. The van der Waals surface area contributed by atoms with Gasteiger partial charge < -0.3 is 10.1 Å². The summed E-state index contributed by atoms with van der Waals surface area (Å²) in [5.41, 5.74) is -0.266. The molecule has 2 atom stereocenters. The first-order chi connectivity index (χ1) is 18.3. The fourth-order valence-electron chi connectivity index (χ4n) is 3.01. The van der Waals surface area contributed by atoms with Crippen molar-refractivity contribution in [3.63, 3.8) is 0 Å². The van der Waals surface area contributed by atoms with Gasteiger partial charge in [-0.2, -0.15) is 13.2 Å². The van der Waals surface area contributed by atoms with Crippen LogP contribution in [0.5, 0.6) is 0 Å². The van der Waals surface area contributed by atoms with E-state index < -0.39 is 30.5 Å². The van der Waals surface area contributed by atoms with Gasteiger partial charge in [-0.15, -0.1) is 0 Å². The minimum absolute atomic E-state index is 0.171. The molecule has 0 aliphatic carbocycles. The first-order valence-electron chi connectivity index (χ1n) is 12.6. The van der Waals surface area contributed by atoms with Crippen LogP contribution in [0.2, 0.25) is 0 Å². The van der Waals surface area contributed by atoms with E-state index in [4.69, 9.17) is 0 Å². The van der Waals surface area contributed by atoms with Crippen molar-refractivity contribution in [2.24, 2.45) is 0 Å². The maximum Gasteiger partial charge on any atom is 0.430 e. The van der Waals surface area contributed by atoms with Crippen molar-refractivity contribution in [2.45, 2.75) is 76.9 Å². The van der Waals surface area contributed by atoms with Crippen LogP contribution in [0, 0.1) is 0 Å². The number of halogens is 4. The number of carbonyl (C=O) groups excluding carboxylic acids is 2. The van der Waals surface area contributed by atoms with E-state index in [1.54, 1.807) is 5.32 Å². The van der Waals surface area contributed by atoms with Gasteiger partial charge in [-0.25, -0.2) is 9.18 Å². The van der Waals surface area contributed by atoms with Crippen molar-refractivity contribution in [3.8, 4) is 0 Å². The minimum Gasteiger partial charge on any atom is -0.444 e. The number of unbranched alkanes of at least 4 members (excludes halogenated alkanes) is 1. The average molecular weight is 537 g/mol. The lowest BCUT2D eigenvalue weighted by molar-refractivity contribution is -0.224. The van der Waals surface area contributed by atoms with Crippen LogP contribution in [-0.2, 0) is 9.53 Å². The van der Waals surface area contributed by atoms with Gasteiger partial charge in [0.15, 0.2) is 0 Å². The standard InChI is InChI=1S/C29H36F4N2O3/c1-2-3-4-5-6-7-8-9-10-11-12-13-14-15-16-17-18-21-25(36)35-27(30)26(29(31,32)33)38-28(37)24-20-19-22-34-23-24/h3-4,6-7,9-10,12-13,15-16,19-20,22-23,26-27H,2,5,8,11,14,17-18,21H2,1H3,(H,35,36). The second-order valence-corrected chi connectivity index (χ2v) is 8.18. The molecule has 38 heavy (non-hydrogen) atoms. The molecule has 208 valence electrons.